The zero-order chi connectivity index (χ0) is 21.7. The van der Waals surface area contributed by atoms with Gasteiger partial charge in [0.15, 0.2) is 0 Å². The molecule has 0 bridgehead atoms. The van der Waals surface area contributed by atoms with Crippen LogP contribution in [-0.2, 0) is 7.05 Å². The second kappa shape index (κ2) is 9.21. The van der Waals surface area contributed by atoms with E-state index >= 15 is 0 Å². The maximum atomic E-state index is 12.4. The van der Waals surface area contributed by atoms with Crippen molar-refractivity contribution in [3.63, 3.8) is 0 Å². The molecule has 0 aliphatic carbocycles. The van der Waals surface area contributed by atoms with Crippen LogP contribution in [0.15, 0.2) is 53.5 Å². The summed E-state index contributed by atoms with van der Waals surface area (Å²) in [4.78, 5) is 35.6. The molecule has 1 amide bonds. The van der Waals surface area contributed by atoms with Crippen molar-refractivity contribution in [3.8, 4) is 0 Å². The van der Waals surface area contributed by atoms with E-state index in [1.165, 1.54) is 10.6 Å². The van der Waals surface area contributed by atoms with Crippen molar-refractivity contribution in [1.29, 1.82) is 0 Å². The maximum Gasteiger partial charge on any atom is 0.263 e. The largest absolute Gasteiger partial charge is 0.357 e. The molecular weight excluding hydrogens is 380 g/mol. The highest BCUT2D eigenvalue weighted by Gasteiger charge is 2.12. The maximum absolute atomic E-state index is 12.4. The highest BCUT2D eigenvalue weighted by atomic mass is 16.2. The van der Waals surface area contributed by atoms with E-state index in [0.29, 0.717) is 17.3 Å². The van der Waals surface area contributed by atoms with Crippen molar-refractivity contribution in [2.45, 2.75) is 20.8 Å². The number of carbonyl (C=O) groups is 1. The summed E-state index contributed by atoms with van der Waals surface area (Å²) in [6.07, 6.45) is 1.61. The first-order valence-electron chi connectivity index (χ1n) is 9.86. The Morgan fingerprint density at radius 3 is 2.40 bits per heavy atom. The lowest BCUT2D eigenvalue weighted by atomic mass is 10.2. The van der Waals surface area contributed by atoms with E-state index in [4.69, 9.17) is 0 Å². The summed E-state index contributed by atoms with van der Waals surface area (Å²) in [5, 5.41) is 6.03. The number of benzene rings is 1. The second-order valence-electron chi connectivity index (χ2n) is 6.83. The summed E-state index contributed by atoms with van der Waals surface area (Å²) in [7, 11) is 1.61. The molecule has 30 heavy (non-hydrogen) atoms. The van der Waals surface area contributed by atoms with Crippen LogP contribution in [0, 0.1) is 6.92 Å². The fourth-order valence-corrected chi connectivity index (χ4v) is 3.08. The van der Waals surface area contributed by atoms with Crippen molar-refractivity contribution < 1.29 is 4.79 Å². The summed E-state index contributed by atoms with van der Waals surface area (Å²) >= 11 is 0. The Kier molecular flexibility index (Phi) is 6.46. The Bertz CT molecular complexity index is 1090. The van der Waals surface area contributed by atoms with Crippen LogP contribution in [0.2, 0.25) is 0 Å². The normalized spacial score (nSPS) is 10.5. The molecule has 3 rings (SSSR count). The van der Waals surface area contributed by atoms with Crippen LogP contribution in [0.25, 0.3) is 0 Å². The average Bonchev–Trinajstić information content (AvgIpc) is 2.72. The molecule has 0 fully saturated rings. The molecule has 8 nitrogen and oxygen atoms in total. The standard InChI is InChI=1S/C22H26N6O2/c1-5-28(6-2)20-14-19(23-15(3)24-20)25-16-9-11-17(12-10-16)26-21(29)18-8-7-13-27(4)22(18)30/h7-14H,5-6H2,1-4H3,(H,26,29)(H,23,24,25). The van der Waals surface area contributed by atoms with Crippen LogP contribution in [0.4, 0.5) is 23.0 Å². The molecule has 3 aromatic rings. The second-order valence-corrected chi connectivity index (χ2v) is 6.83. The number of hydrogen-bond donors (Lipinski definition) is 2. The first-order valence-corrected chi connectivity index (χ1v) is 9.86. The smallest absolute Gasteiger partial charge is 0.263 e. The predicted molar refractivity (Wildman–Crippen MR) is 120 cm³/mol. The minimum absolute atomic E-state index is 0.0996. The molecule has 0 aliphatic rings. The summed E-state index contributed by atoms with van der Waals surface area (Å²) in [5.74, 6) is 1.83. The average molecular weight is 406 g/mol. The Hall–Kier alpha value is -3.68. The molecule has 8 heteroatoms. The van der Waals surface area contributed by atoms with Gasteiger partial charge in [-0.3, -0.25) is 9.59 Å². The zero-order valence-corrected chi connectivity index (χ0v) is 17.6. The number of aromatic nitrogens is 3. The van der Waals surface area contributed by atoms with Gasteiger partial charge in [-0.15, -0.1) is 0 Å². The van der Waals surface area contributed by atoms with E-state index < -0.39 is 5.91 Å². The van der Waals surface area contributed by atoms with E-state index in [-0.39, 0.29) is 11.1 Å². The number of pyridine rings is 1. The molecule has 0 saturated carbocycles. The van der Waals surface area contributed by atoms with Gasteiger partial charge < -0.3 is 20.1 Å². The Morgan fingerprint density at radius 1 is 1.07 bits per heavy atom. The van der Waals surface area contributed by atoms with Crippen LogP contribution in [0.1, 0.15) is 30.0 Å². The topological polar surface area (TPSA) is 92.2 Å². The summed E-state index contributed by atoms with van der Waals surface area (Å²) in [6, 6.07) is 12.3. The van der Waals surface area contributed by atoms with Crippen LogP contribution < -0.4 is 21.1 Å². The number of carbonyl (C=O) groups excluding carboxylic acids is 1. The SMILES string of the molecule is CCN(CC)c1cc(Nc2ccc(NC(=O)c3cccn(C)c3=O)cc2)nc(C)n1. The number of nitrogens with zero attached hydrogens (tertiary/aromatic N) is 4. The third-order valence-corrected chi connectivity index (χ3v) is 4.69. The van der Waals surface area contributed by atoms with Gasteiger partial charge in [-0.25, -0.2) is 9.97 Å². The molecule has 2 N–H and O–H groups in total. The van der Waals surface area contributed by atoms with Crippen LogP contribution in [-0.4, -0.2) is 33.5 Å². The number of anilines is 4. The lowest BCUT2D eigenvalue weighted by Gasteiger charge is -2.20. The van der Waals surface area contributed by atoms with E-state index in [9.17, 15) is 9.59 Å². The van der Waals surface area contributed by atoms with E-state index in [2.05, 4.69) is 39.3 Å². The Labute approximate surface area is 175 Å². The van der Waals surface area contributed by atoms with Crippen LogP contribution >= 0.6 is 0 Å². The fourth-order valence-electron chi connectivity index (χ4n) is 3.08. The van der Waals surface area contributed by atoms with Gasteiger partial charge in [0.05, 0.1) is 0 Å². The third-order valence-electron chi connectivity index (χ3n) is 4.69. The zero-order valence-electron chi connectivity index (χ0n) is 17.6. The summed E-state index contributed by atoms with van der Waals surface area (Å²) < 4.78 is 1.37. The van der Waals surface area contributed by atoms with Gasteiger partial charge in [-0.1, -0.05) is 0 Å². The fraction of sp³-hybridized carbons (Fsp3) is 0.273. The minimum Gasteiger partial charge on any atom is -0.357 e. The number of nitrogens with one attached hydrogen (secondary N) is 2. The molecule has 2 aromatic heterocycles. The molecule has 0 atom stereocenters. The Morgan fingerprint density at radius 2 is 1.73 bits per heavy atom. The Balaban J connectivity index is 1.73. The van der Waals surface area contributed by atoms with E-state index in [1.807, 2.05) is 25.1 Å². The third kappa shape index (κ3) is 4.83. The van der Waals surface area contributed by atoms with Gasteiger partial charge in [0.1, 0.15) is 23.0 Å². The number of aryl methyl sites for hydroxylation is 2. The van der Waals surface area contributed by atoms with Gasteiger partial charge in [0, 0.05) is 43.8 Å². The van der Waals surface area contributed by atoms with Crippen molar-refractivity contribution in [2.75, 3.05) is 28.6 Å². The van der Waals surface area contributed by atoms with E-state index in [0.717, 1.165) is 24.6 Å². The van der Waals surface area contributed by atoms with Gasteiger partial charge in [-0.05, 0) is 57.2 Å². The lowest BCUT2D eigenvalue weighted by Crippen LogP contribution is -2.26. The van der Waals surface area contributed by atoms with E-state index in [1.54, 1.807) is 31.4 Å². The van der Waals surface area contributed by atoms with Gasteiger partial charge >= 0.3 is 0 Å². The number of rotatable bonds is 7. The summed E-state index contributed by atoms with van der Waals surface area (Å²) in [5.41, 5.74) is 1.19. The number of hydrogen-bond acceptors (Lipinski definition) is 6. The number of amides is 1. The lowest BCUT2D eigenvalue weighted by molar-refractivity contribution is 0.102. The summed E-state index contributed by atoms with van der Waals surface area (Å²) in [6.45, 7) is 7.78. The molecule has 156 valence electrons. The minimum atomic E-state index is -0.438. The molecule has 2 heterocycles. The monoisotopic (exact) mass is 406 g/mol. The van der Waals surface area contributed by atoms with Gasteiger partial charge in [-0.2, -0.15) is 0 Å². The first kappa shape index (κ1) is 21.0. The molecule has 0 aliphatic heterocycles. The molecule has 1 aromatic carbocycles. The van der Waals surface area contributed by atoms with Crippen molar-refractivity contribution in [3.05, 3.63) is 70.4 Å². The highest BCUT2D eigenvalue weighted by molar-refractivity contribution is 6.04. The molecule has 0 spiro atoms. The molecule has 0 saturated heterocycles. The molecule has 0 unspecified atom stereocenters. The predicted octanol–water partition coefficient (Wildman–Crippen LogP) is 3.33. The molecular formula is C22H26N6O2. The quantitative estimate of drug-likeness (QED) is 0.625. The van der Waals surface area contributed by atoms with Crippen molar-refractivity contribution in [2.24, 2.45) is 7.05 Å². The van der Waals surface area contributed by atoms with Gasteiger partial charge in [0.25, 0.3) is 11.5 Å². The van der Waals surface area contributed by atoms with Gasteiger partial charge in [0.2, 0.25) is 0 Å². The van der Waals surface area contributed by atoms with Crippen molar-refractivity contribution in [1.82, 2.24) is 14.5 Å². The first-order chi connectivity index (χ1) is 14.4. The van der Waals surface area contributed by atoms with Crippen LogP contribution in [0.3, 0.4) is 0 Å². The highest BCUT2D eigenvalue weighted by Crippen LogP contribution is 2.21. The van der Waals surface area contributed by atoms with Crippen molar-refractivity contribution >= 4 is 28.9 Å². The van der Waals surface area contributed by atoms with Crippen LogP contribution in [0.5, 0.6) is 0 Å². The molecule has 0 radical (unpaired) electrons.